The van der Waals surface area contributed by atoms with Crippen LogP contribution in [0.5, 0.6) is 0 Å². The molecule has 0 radical (unpaired) electrons. The van der Waals surface area contributed by atoms with Crippen molar-refractivity contribution in [2.75, 3.05) is 0 Å². The first kappa shape index (κ1) is 13.6. The molecule has 16 heavy (non-hydrogen) atoms. The minimum Gasteiger partial charge on any atom is -0.131 e. The summed E-state index contributed by atoms with van der Waals surface area (Å²) in [7, 11) is 0. The van der Waals surface area contributed by atoms with Gasteiger partial charge in [0.2, 0.25) is 0 Å². The molecule has 1 saturated carbocycles. The van der Waals surface area contributed by atoms with E-state index in [1.165, 1.54) is 51.7 Å². The number of thiophene rings is 1. The van der Waals surface area contributed by atoms with Crippen LogP contribution in [0.25, 0.3) is 0 Å². The Kier molecular flexibility index (Phi) is 5.38. The normalized spacial score (nSPS) is 19.2. The molecule has 0 aromatic carbocycles. The summed E-state index contributed by atoms with van der Waals surface area (Å²) < 4.78 is 2.38. The zero-order valence-electron chi connectivity index (χ0n) is 9.02. The lowest BCUT2D eigenvalue weighted by atomic mass is 10.0. The minimum absolute atomic E-state index is 0.528. The molecule has 2 rings (SSSR count). The van der Waals surface area contributed by atoms with Gasteiger partial charge in [-0.1, -0.05) is 41.6 Å². The molecule has 1 heterocycles. The first-order chi connectivity index (χ1) is 7.66. The summed E-state index contributed by atoms with van der Waals surface area (Å²) in [6.45, 7) is 0. The smallest absolute Gasteiger partial charge is 0.0843 e. The lowest BCUT2D eigenvalue weighted by molar-refractivity contribution is 0.484. The average Bonchev–Trinajstić information content (AvgIpc) is 2.86. The van der Waals surface area contributed by atoms with Gasteiger partial charge in [-0.15, -0.1) is 11.3 Å². The van der Waals surface area contributed by atoms with Crippen molar-refractivity contribution in [3.63, 3.8) is 0 Å². The molecule has 1 unspecified atom stereocenters. The highest BCUT2D eigenvalue weighted by Crippen LogP contribution is 2.41. The van der Waals surface area contributed by atoms with Crippen molar-refractivity contribution in [1.82, 2.24) is 0 Å². The molecule has 0 N–H and O–H groups in total. The molecule has 1 aromatic rings. The summed E-state index contributed by atoms with van der Waals surface area (Å²) in [6.07, 6.45) is 8.46. The fourth-order valence-corrected chi connectivity index (χ4v) is 5.12. The fraction of sp³-hybridized carbons (Fsp3) is 0.667. The Balaban J connectivity index is 1.84. The highest BCUT2D eigenvalue weighted by Gasteiger charge is 2.18. The summed E-state index contributed by atoms with van der Waals surface area (Å²) in [4.78, 5) is 1.96. The fourth-order valence-electron chi connectivity index (χ4n) is 2.34. The van der Waals surface area contributed by atoms with E-state index in [9.17, 15) is 0 Å². The molecule has 0 bridgehead atoms. The van der Waals surface area contributed by atoms with Crippen molar-refractivity contribution in [3.05, 3.63) is 19.2 Å². The second-order valence-corrected chi connectivity index (χ2v) is 8.83. The number of rotatable bonds is 4. The van der Waals surface area contributed by atoms with Crippen LogP contribution in [-0.2, 0) is 0 Å². The van der Waals surface area contributed by atoms with Crippen molar-refractivity contribution in [2.24, 2.45) is 5.92 Å². The van der Waals surface area contributed by atoms with Crippen LogP contribution in [-0.4, -0.2) is 0 Å². The molecule has 1 atom stereocenters. The van der Waals surface area contributed by atoms with Crippen LogP contribution in [0.3, 0.4) is 0 Å². The van der Waals surface area contributed by atoms with E-state index in [1.807, 2.05) is 11.3 Å². The summed E-state index contributed by atoms with van der Waals surface area (Å²) in [5.41, 5.74) is 0. The van der Waals surface area contributed by atoms with Crippen molar-refractivity contribution >= 4 is 59.1 Å². The number of hydrogen-bond acceptors (Lipinski definition) is 1. The van der Waals surface area contributed by atoms with E-state index in [0.29, 0.717) is 4.83 Å². The van der Waals surface area contributed by atoms with Gasteiger partial charge in [0.05, 0.1) is 3.79 Å². The van der Waals surface area contributed by atoms with Gasteiger partial charge in [0.25, 0.3) is 0 Å². The summed E-state index contributed by atoms with van der Waals surface area (Å²) in [6, 6.07) is 2.23. The summed E-state index contributed by atoms with van der Waals surface area (Å²) >= 11 is 12.7. The Morgan fingerprint density at radius 1 is 1.31 bits per heavy atom. The minimum atomic E-state index is 0.528. The SMILES string of the molecule is Brc1cc(C(Br)CCC2CCCC2)sc1Br. The van der Waals surface area contributed by atoms with Gasteiger partial charge in [0.15, 0.2) is 0 Å². The van der Waals surface area contributed by atoms with Gasteiger partial charge < -0.3 is 0 Å². The molecular formula is C12H15Br3S. The van der Waals surface area contributed by atoms with Crippen LogP contribution in [0.1, 0.15) is 48.2 Å². The van der Waals surface area contributed by atoms with Gasteiger partial charge in [0, 0.05) is 14.2 Å². The first-order valence-electron chi connectivity index (χ1n) is 5.75. The van der Waals surface area contributed by atoms with E-state index in [0.717, 1.165) is 5.92 Å². The van der Waals surface area contributed by atoms with Crippen molar-refractivity contribution in [1.29, 1.82) is 0 Å². The highest BCUT2D eigenvalue weighted by molar-refractivity contribution is 9.13. The predicted octanol–water partition coefficient (Wildman–Crippen LogP) is 6.68. The maximum absolute atomic E-state index is 3.81. The average molecular weight is 431 g/mol. The maximum Gasteiger partial charge on any atom is 0.0843 e. The molecule has 0 amide bonds. The monoisotopic (exact) mass is 428 g/mol. The molecule has 1 aliphatic carbocycles. The van der Waals surface area contributed by atoms with E-state index in [2.05, 4.69) is 53.9 Å². The molecule has 4 heteroatoms. The molecule has 0 saturated heterocycles. The number of alkyl halides is 1. The standard InChI is InChI=1S/C12H15Br3S/c13-9(6-5-8-3-1-2-4-8)11-7-10(14)12(15)16-11/h7-9H,1-6H2. The second-order valence-electron chi connectivity index (χ2n) is 4.47. The molecular weight excluding hydrogens is 416 g/mol. The quantitative estimate of drug-likeness (QED) is 0.467. The Morgan fingerprint density at radius 3 is 2.56 bits per heavy atom. The third kappa shape index (κ3) is 3.56. The molecule has 0 nitrogen and oxygen atoms in total. The van der Waals surface area contributed by atoms with Crippen LogP contribution >= 0.6 is 59.1 Å². The van der Waals surface area contributed by atoms with E-state index >= 15 is 0 Å². The maximum atomic E-state index is 3.81. The van der Waals surface area contributed by atoms with Crippen LogP contribution in [0.2, 0.25) is 0 Å². The third-order valence-electron chi connectivity index (χ3n) is 3.28. The van der Waals surface area contributed by atoms with Crippen LogP contribution in [0, 0.1) is 5.92 Å². The molecule has 1 aliphatic rings. The Morgan fingerprint density at radius 2 is 2.00 bits per heavy atom. The van der Waals surface area contributed by atoms with Gasteiger partial charge in [-0.2, -0.15) is 0 Å². The third-order valence-corrected chi connectivity index (χ3v) is 7.90. The van der Waals surface area contributed by atoms with E-state index in [1.54, 1.807) is 0 Å². The molecule has 90 valence electrons. The van der Waals surface area contributed by atoms with Gasteiger partial charge in [-0.25, -0.2) is 0 Å². The van der Waals surface area contributed by atoms with Crippen molar-refractivity contribution in [2.45, 2.75) is 43.4 Å². The van der Waals surface area contributed by atoms with Crippen LogP contribution in [0.15, 0.2) is 14.3 Å². The van der Waals surface area contributed by atoms with E-state index in [-0.39, 0.29) is 0 Å². The van der Waals surface area contributed by atoms with Crippen molar-refractivity contribution < 1.29 is 0 Å². The predicted molar refractivity (Wildman–Crippen MR) is 82.6 cm³/mol. The van der Waals surface area contributed by atoms with Crippen LogP contribution < -0.4 is 0 Å². The summed E-state index contributed by atoms with van der Waals surface area (Å²) in [5, 5.41) is 0. The zero-order valence-corrected chi connectivity index (χ0v) is 14.6. The van der Waals surface area contributed by atoms with Crippen molar-refractivity contribution in [3.8, 4) is 0 Å². The largest absolute Gasteiger partial charge is 0.131 e. The molecule has 1 aromatic heterocycles. The Labute approximate surface area is 127 Å². The lowest BCUT2D eigenvalue weighted by Crippen LogP contribution is -1.95. The van der Waals surface area contributed by atoms with Gasteiger partial charge in [-0.3, -0.25) is 0 Å². The molecule has 1 fully saturated rings. The highest BCUT2D eigenvalue weighted by atomic mass is 79.9. The second kappa shape index (κ2) is 6.35. The van der Waals surface area contributed by atoms with Gasteiger partial charge in [-0.05, 0) is 56.7 Å². The molecule has 0 spiro atoms. The summed E-state index contributed by atoms with van der Waals surface area (Å²) in [5.74, 6) is 0.992. The van der Waals surface area contributed by atoms with Gasteiger partial charge in [0.1, 0.15) is 0 Å². The number of halogens is 3. The van der Waals surface area contributed by atoms with E-state index < -0.39 is 0 Å². The lowest BCUT2D eigenvalue weighted by Gasteiger charge is -2.11. The first-order valence-corrected chi connectivity index (χ1v) is 9.07. The van der Waals surface area contributed by atoms with Crippen LogP contribution in [0.4, 0.5) is 0 Å². The van der Waals surface area contributed by atoms with E-state index in [4.69, 9.17) is 0 Å². The Bertz CT molecular complexity index is 323. The Hall–Kier alpha value is 1.14. The topological polar surface area (TPSA) is 0 Å². The zero-order chi connectivity index (χ0) is 11.5. The molecule has 0 aliphatic heterocycles. The van der Waals surface area contributed by atoms with Gasteiger partial charge >= 0.3 is 0 Å². The number of hydrogen-bond donors (Lipinski definition) is 0.